The molecule has 1 amide bonds. The zero-order valence-corrected chi connectivity index (χ0v) is 9.98. The molecule has 0 heterocycles. The minimum Gasteiger partial charge on any atom is -0.393 e. The molecule has 0 aliphatic heterocycles. The number of carbonyl (C=O) groups excluding carboxylic acids is 1. The zero-order valence-electron chi connectivity index (χ0n) is 9.98. The lowest BCUT2D eigenvalue weighted by atomic mass is 10.1. The number of nitrogens with two attached hydrogens (primary N) is 1. The van der Waals surface area contributed by atoms with Crippen LogP contribution in [-0.4, -0.2) is 16.4 Å². The van der Waals surface area contributed by atoms with E-state index in [2.05, 4.69) is 5.32 Å². The summed E-state index contributed by atoms with van der Waals surface area (Å²) < 4.78 is 0. The summed E-state index contributed by atoms with van der Waals surface area (Å²) in [5.74, 6) is -0.418. The number of carbonyl (C=O) groups is 1. The minimum absolute atomic E-state index is 0.112. The van der Waals surface area contributed by atoms with Gasteiger partial charge in [-0.1, -0.05) is 6.07 Å². The maximum absolute atomic E-state index is 11.8. The van der Waals surface area contributed by atoms with E-state index in [4.69, 9.17) is 5.73 Å². The molecule has 0 atom stereocenters. The molecule has 0 unspecified atom stereocenters. The Morgan fingerprint density at radius 3 is 2.47 bits per heavy atom. The number of para-hydroxylation sites is 1. The smallest absolute Gasteiger partial charge is 0.292 e. The van der Waals surface area contributed by atoms with Crippen molar-refractivity contribution < 1.29 is 9.72 Å². The van der Waals surface area contributed by atoms with Crippen LogP contribution < -0.4 is 11.1 Å². The van der Waals surface area contributed by atoms with Crippen molar-refractivity contribution in [1.82, 2.24) is 5.32 Å². The van der Waals surface area contributed by atoms with Gasteiger partial charge in [0.2, 0.25) is 0 Å². The molecule has 0 fully saturated rings. The Morgan fingerprint density at radius 1 is 1.41 bits per heavy atom. The number of nitro benzene ring substituents is 1. The van der Waals surface area contributed by atoms with Crippen LogP contribution in [0.3, 0.4) is 0 Å². The van der Waals surface area contributed by atoms with Crippen molar-refractivity contribution in [3.05, 3.63) is 33.9 Å². The number of nitrogen functional groups attached to an aromatic ring is 1. The van der Waals surface area contributed by atoms with Crippen LogP contribution in [0.5, 0.6) is 0 Å². The average Bonchev–Trinajstić information content (AvgIpc) is 2.14. The summed E-state index contributed by atoms with van der Waals surface area (Å²) in [6.07, 6.45) is 0. The van der Waals surface area contributed by atoms with E-state index in [1.807, 2.05) is 20.8 Å². The van der Waals surface area contributed by atoms with E-state index in [-0.39, 0.29) is 16.9 Å². The summed E-state index contributed by atoms with van der Waals surface area (Å²) in [6.45, 7) is 5.45. The molecule has 3 N–H and O–H groups in total. The Labute approximate surface area is 99.0 Å². The van der Waals surface area contributed by atoms with Crippen LogP contribution in [0.25, 0.3) is 0 Å². The highest BCUT2D eigenvalue weighted by atomic mass is 16.6. The topological polar surface area (TPSA) is 98.3 Å². The van der Waals surface area contributed by atoms with E-state index in [9.17, 15) is 14.9 Å². The molecule has 6 nitrogen and oxygen atoms in total. The van der Waals surface area contributed by atoms with E-state index in [0.29, 0.717) is 0 Å². The Kier molecular flexibility index (Phi) is 3.36. The first-order valence-electron chi connectivity index (χ1n) is 5.08. The van der Waals surface area contributed by atoms with Crippen LogP contribution in [0.15, 0.2) is 18.2 Å². The molecule has 0 saturated heterocycles. The van der Waals surface area contributed by atoms with Crippen molar-refractivity contribution in [2.75, 3.05) is 5.73 Å². The highest BCUT2D eigenvalue weighted by Gasteiger charge is 2.21. The maximum Gasteiger partial charge on any atom is 0.292 e. The molecule has 0 aliphatic rings. The van der Waals surface area contributed by atoms with E-state index >= 15 is 0 Å². The summed E-state index contributed by atoms with van der Waals surface area (Å²) in [5.41, 5.74) is 4.93. The predicted molar refractivity (Wildman–Crippen MR) is 64.7 cm³/mol. The van der Waals surface area contributed by atoms with Gasteiger partial charge >= 0.3 is 0 Å². The third kappa shape index (κ3) is 3.17. The van der Waals surface area contributed by atoms with Crippen LogP contribution in [-0.2, 0) is 0 Å². The second-order valence-electron chi connectivity index (χ2n) is 4.70. The summed E-state index contributed by atoms with van der Waals surface area (Å²) in [5, 5.41) is 13.4. The van der Waals surface area contributed by atoms with Gasteiger partial charge < -0.3 is 11.1 Å². The fraction of sp³-hybridized carbons (Fsp3) is 0.364. The number of anilines is 1. The molecule has 0 aromatic heterocycles. The van der Waals surface area contributed by atoms with Gasteiger partial charge in [-0.3, -0.25) is 14.9 Å². The fourth-order valence-corrected chi connectivity index (χ4v) is 1.32. The first kappa shape index (κ1) is 13.0. The molecule has 1 aromatic rings. The first-order chi connectivity index (χ1) is 7.72. The number of amides is 1. The second kappa shape index (κ2) is 4.40. The molecular weight excluding hydrogens is 222 g/mol. The molecule has 1 aromatic carbocycles. The van der Waals surface area contributed by atoms with Crippen molar-refractivity contribution in [3.63, 3.8) is 0 Å². The Balaban J connectivity index is 3.11. The third-order valence-corrected chi connectivity index (χ3v) is 2.01. The van der Waals surface area contributed by atoms with E-state index < -0.39 is 16.4 Å². The molecule has 1 rings (SSSR count). The third-order valence-electron chi connectivity index (χ3n) is 2.01. The summed E-state index contributed by atoms with van der Waals surface area (Å²) >= 11 is 0. The number of nitrogens with zero attached hydrogens (tertiary/aromatic N) is 1. The number of rotatable bonds is 2. The minimum atomic E-state index is -0.608. The van der Waals surface area contributed by atoms with Crippen LogP contribution in [0.2, 0.25) is 0 Å². The van der Waals surface area contributed by atoms with Gasteiger partial charge in [0.1, 0.15) is 5.69 Å². The maximum atomic E-state index is 11.8. The summed E-state index contributed by atoms with van der Waals surface area (Å²) in [7, 11) is 0. The van der Waals surface area contributed by atoms with Crippen LogP contribution >= 0.6 is 0 Å². The molecule has 17 heavy (non-hydrogen) atoms. The molecule has 0 saturated carbocycles. The molecule has 0 spiro atoms. The number of benzene rings is 1. The van der Waals surface area contributed by atoms with Gasteiger partial charge in [0.25, 0.3) is 11.6 Å². The number of nitro groups is 1. The Morgan fingerprint density at radius 2 is 2.00 bits per heavy atom. The first-order valence-corrected chi connectivity index (χ1v) is 5.08. The fourth-order valence-electron chi connectivity index (χ4n) is 1.32. The second-order valence-corrected chi connectivity index (χ2v) is 4.70. The molecule has 0 radical (unpaired) electrons. The van der Waals surface area contributed by atoms with Crippen molar-refractivity contribution in [2.45, 2.75) is 26.3 Å². The summed E-state index contributed by atoms with van der Waals surface area (Å²) in [6, 6.07) is 4.17. The van der Waals surface area contributed by atoms with Crippen molar-refractivity contribution in [1.29, 1.82) is 0 Å². The standard InChI is InChI=1S/C11H15N3O3/c1-11(2,3)13-10(15)7-5-4-6-8(9(7)12)14(16)17/h4-6H,12H2,1-3H3,(H,13,15). The lowest BCUT2D eigenvalue weighted by Crippen LogP contribution is -2.40. The van der Waals surface area contributed by atoms with Crippen LogP contribution in [0, 0.1) is 10.1 Å². The highest BCUT2D eigenvalue weighted by molar-refractivity contribution is 6.01. The number of hydrogen-bond acceptors (Lipinski definition) is 4. The van der Waals surface area contributed by atoms with E-state index in [1.165, 1.54) is 18.2 Å². The zero-order chi connectivity index (χ0) is 13.2. The lowest BCUT2D eigenvalue weighted by molar-refractivity contribution is -0.383. The van der Waals surface area contributed by atoms with Gasteiger partial charge in [0.05, 0.1) is 10.5 Å². The number of nitrogens with one attached hydrogen (secondary N) is 1. The molecule has 6 heteroatoms. The normalized spacial score (nSPS) is 11.0. The van der Waals surface area contributed by atoms with Gasteiger partial charge in [-0.05, 0) is 26.8 Å². The number of hydrogen-bond donors (Lipinski definition) is 2. The van der Waals surface area contributed by atoms with Crippen molar-refractivity contribution in [3.8, 4) is 0 Å². The van der Waals surface area contributed by atoms with Crippen LogP contribution in [0.4, 0.5) is 11.4 Å². The van der Waals surface area contributed by atoms with Crippen LogP contribution in [0.1, 0.15) is 31.1 Å². The average molecular weight is 237 g/mol. The van der Waals surface area contributed by atoms with Gasteiger partial charge in [-0.25, -0.2) is 0 Å². The molecule has 0 bridgehead atoms. The van der Waals surface area contributed by atoms with Crippen molar-refractivity contribution in [2.24, 2.45) is 0 Å². The quantitative estimate of drug-likeness (QED) is 0.464. The summed E-state index contributed by atoms with van der Waals surface area (Å²) in [4.78, 5) is 21.9. The van der Waals surface area contributed by atoms with Gasteiger partial charge in [-0.2, -0.15) is 0 Å². The van der Waals surface area contributed by atoms with Gasteiger partial charge in [0, 0.05) is 11.6 Å². The van der Waals surface area contributed by atoms with E-state index in [0.717, 1.165) is 0 Å². The SMILES string of the molecule is CC(C)(C)NC(=O)c1cccc([N+](=O)[O-])c1N. The molecular formula is C11H15N3O3. The molecule has 0 aliphatic carbocycles. The monoisotopic (exact) mass is 237 g/mol. The molecule has 92 valence electrons. The largest absolute Gasteiger partial charge is 0.393 e. The van der Waals surface area contributed by atoms with E-state index in [1.54, 1.807) is 0 Å². The Hall–Kier alpha value is -2.11. The highest BCUT2D eigenvalue weighted by Crippen LogP contribution is 2.24. The van der Waals surface area contributed by atoms with Gasteiger partial charge in [0.15, 0.2) is 0 Å². The lowest BCUT2D eigenvalue weighted by Gasteiger charge is -2.20. The Bertz CT molecular complexity index is 464. The van der Waals surface area contributed by atoms with Crippen molar-refractivity contribution >= 4 is 17.3 Å². The predicted octanol–water partition coefficient (Wildman–Crippen LogP) is 1.71. The van der Waals surface area contributed by atoms with Gasteiger partial charge in [-0.15, -0.1) is 0 Å².